The van der Waals surface area contributed by atoms with Crippen LogP contribution < -0.4 is 0 Å². The van der Waals surface area contributed by atoms with Gasteiger partial charge in [0, 0.05) is 0 Å². The molecule has 1 aromatic carbocycles. The van der Waals surface area contributed by atoms with E-state index in [1.807, 2.05) is 0 Å². The molecule has 0 saturated heterocycles. The first kappa shape index (κ1) is 15.7. The van der Waals surface area contributed by atoms with E-state index in [2.05, 4.69) is 47.6 Å². The molecule has 0 radical (unpaired) electrons. The summed E-state index contributed by atoms with van der Waals surface area (Å²) in [6, 6.07) is 2.46. The molecular formula is C23H34. The second kappa shape index (κ2) is 5.11. The maximum absolute atomic E-state index is 2.64. The Hall–Kier alpha value is -0.780. The number of benzene rings is 1. The molecule has 126 valence electrons. The van der Waals surface area contributed by atoms with Crippen molar-refractivity contribution in [3.05, 3.63) is 33.9 Å². The van der Waals surface area contributed by atoms with Gasteiger partial charge >= 0.3 is 0 Å². The maximum atomic E-state index is 2.64. The molecule has 0 nitrogen and oxygen atoms in total. The number of hydrogen-bond acceptors (Lipinski definition) is 0. The Bertz CT molecular complexity index is 640. The summed E-state index contributed by atoms with van der Waals surface area (Å²) in [6.45, 7) is 14.8. The molecule has 0 spiro atoms. The van der Waals surface area contributed by atoms with E-state index in [0.29, 0.717) is 5.41 Å². The summed E-state index contributed by atoms with van der Waals surface area (Å²) in [7, 11) is 0. The Balaban J connectivity index is 1.82. The molecule has 6 atom stereocenters. The summed E-state index contributed by atoms with van der Waals surface area (Å²) in [6.07, 6.45) is 7.16. The second-order valence-electron chi connectivity index (χ2n) is 9.42. The number of hydrogen-bond donors (Lipinski definition) is 0. The first-order valence-electron chi connectivity index (χ1n) is 9.95. The summed E-state index contributed by atoms with van der Waals surface area (Å²) >= 11 is 0. The molecule has 3 aliphatic rings. The van der Waals surface area contributed by atoms with Crippen LogP contribution in [0.2, 0.25) is 0 Å². The van der Waals surface area contributed by atoms with Crippen molar-refractivity contribution < 1.29 is 0 Å². The van der Waals surface area contributed by atoms with E-state index in [4.69, 9.17) is 0 Å². The van der Waals surface area contributed by atoms with Gasteiger partial charge in [-0.2, -0.15) is 0 Å². The van der Waals surface area contributed by atoms with Crippen LogP contribution in [0.4, 0.5) is 0 Å². The van der Waals surface area contributed by atoms with Gasteiger partial charge in [0.15, 0.2) is 0 Å². The molecule has 3 aliphatic carbocycles. The van der Waals surface area contributed by atoms with Crippen molar-refractivity contribution in [2.45, 2.75) is 79.6 Å². The summed E-state index contributed by atoms with van der Waals surface area (Å²) < 4.78 is 0. The van der Waals surface area contributed by atoms with E-state index in [1.165, 1.54) is 37.7 Å². The predicted molar refractivity (Wildman–Crippen MR) is 99.0 cm³/mol. The first-order valence-corrected chi connectivity index (χ1v) is 9.95. The summed E-state index contributed by atoms with van der Waals surface area (Å²) in [5.74, 6) is 4.56. The third-order valence-corrected chi connectivity index (χ3v) is 8.80. The van der Waals surface area contributed by atoms with Gasteiger partial charge in [0.1, 0.15) is 0 Å². The molecule has 0 heteroatoms. The van der Waals surface area contributed by atoms with Crippen molar-refractivity contribution in [1.82, 2.24) is 0 Å². The zero-order chi connectivity index (χ0) is 16.5. The average molecular weight is 311 g/mol. The van der Waals surface area contributed by atoms with Crippen molar-refractivity contribution in [3.63, 3.8) is 0 Å². The highest BCUT2D eigenvalue weighted by Gasteiger charge is 2.56. The molecule has 23 heavy (non-hydrogen) atoms. The fraction of sp³-hybridized carbons (Fsp3) is 0.739. The van der Waals surface area contributed by atoms with Crippen LogP contribution in [0.15, 0.2) is 6.07 Å². The molecule has 0 N–H and O–H groups in total. The fourth-order valence-corrected chi connectivity index (χ4v) is 7.11. The van der Waals surface area contributed by atoms with Crippen LogP contribution in [-0.4, -0.2) is 0 Å². The second-order valence-corrected chi connectivity index (χ2v) is 9.42. The van der Waals surface area contributed by atoms with E-state index < -0.39 is 0 Å². The average Bonchev–Trinajstić information content (AvgIpc) is 2.82. The van der Waals surface area contributed by atoms with Gasteiger partial charge in [0.05, 0.1) is 0 Å². The normalized spacial score (nSPS) is 42.1. The molecule has 0 aliphatic heterocycles. The van der Waals surface area contributed by atoms with Crippen molar-refractivity contribution in [1.29, 1.82) is 0 Å². The molecule has 0 bridgehead atoms. The third kappa shape index (κ3) is 1.96. The minimum Gasteiger partial charge on any atom is -0.0620 e. The maximum Gasteiger partial charge on any atom is -0.0122 e. The van der Waals surface area contributed by atoms with E-state index in [0.717, 1.165) is 29.6 Å². The molecule has 2 fully saturated rings. The molecule has 0 aromatic heterocycles. The number of rotatable bonds is 0. The van der Waals surface area contributed by atoms with Gasteiger partial charge in [-0.05, 0) is 116 Å². The zero-order valence-corrected chi connectivity index (χ0v) is 16.0. The Morgan fingerprint density at radius 1 is 0.957 bits per heavy atom. The summed E-state index contributed by atoms with van der Waals surface area (Å²) in [4.78, 5) is 0. The van der Waals surface area contributed by atoms with Crippen molar-refractivity contribution in [3.8, 4) is 0 Å². The van der Waals surface area contributed by atoms with Crippen LogP contribution in [0.25, 0.3) is 0 Å². The number of aryl methyl sites for hydroxylation is 2. The van der Waals surface area contributed by atoms with Gasteiger partial charge in [-0.1, -0.05) is 26.8 Å². The summed E-state index contributed by atoms with van der Waals surface area (Å²) in [5.41, 5.74) is 8.78. The summed E-state index contributed by atoms with van der Waals surface area (Å²) in [5, 5.41) is 0. The Labute approximate surface area is 143 Å². The smallest absolute Gasteiger partial charge is 0.0122 e. The molecule has 6 unspecified atom stereocenters. The van der Waals surface area contributed by atoms with Gasteiger partial charge in [0.2, 0.25) is 0 Å². The van der Waals surface area contributed by atoms with Gasteiger partial charge < -0.3 is 0 Å². The Morgan fingerprint density at radius 2 is 1.70 bits per heavy atom. The Morgan fingerprint density at radius 3 is 2.43 bits per heavy atom. The first-order chi connectivity index (χ1) is 10.9. The van der Waals surface area contributed by atoms with E-state index in [1.54, 1.807) is 22.3 Å². The van der Waals surface area contributed by atoms with Gasteiger partial charge in [-0.3, -0.25) is 0 Å². The van der Waals surface area contributed by atoms with Gasteiger partial charge in [-0.15, -0.1) is 0 Å². The highest BCUT2D eigenvalue weighted by Crippen LogP contribution is 2.65. The van der Waals surface area contributed by atoms with Crippen molar-refractivity contribution in [2.75, 3.05) is 0 Å². The van der Waals surface area contributed by atoms with Crippen LogP contribution in [0.5, 0.6) is 0 Å². The van der Waals surface area contributed by atoms with E-state index in [9.17, 15) is 0 Å². The lowest BCUT2D eigenvalue weighted by molar-refractivity contribution is -0.0176. The molecule has 0 heterocycles. The van der Waals surface area contributed by atoms with Crippen molar-refractivity contribution in [2.24, 2.45) is 29.1 Å². The molecule has 4 rings (SSSR count). The van der Waals surface area contributed by atoms with Crippen LogP contribution in [0.3, 0.4) is 0 Å². The minimum atomic E-state index is 0.603. The number of fused-ring (bicyclic) bond motifs is 5. The minimum absolute atomic E-state index is 0.603. The molecule has 0 amide bonds. The lowest BCUT2D eigenvalue weighted by Crippen LogP contribution is -2.47. The predicted octanol–water partition coefficient (Wildman–Crippen LogP) is 6.35. The monoisotopic (exact) mass is 310 g/mol. The SMILES string of the molecule is Cc1cc(C)c2c(c1C)CCC1C2CC(C)C2(C)C(C)CCC12. The fourth-order valence-electron chi connectivity index (χ4n) is 7.11. The van der Waals surface area contributed by atoms with E-state index >= 15 is 0 Å². The van der Waals surface area contributed by atoms with Crippen LogP contribution in [0.1, 0.15) is 80.2 Å². The Kier molecular flexibility index (Phi) is 3.49. The highest BCUT2D eigenvalue weighted by molar-refractivity contribution is 5.48. The lowest BCUT2D eigenvalue weighted by Gasteiger charge is -2.54. The van der Waals surface area contributed by atoms with E-state index in [-0.39, 0.29) is 0 Å². The van der Waals surface area contributed by atoms with Crippen LogP contribution in [-0.2, 0) is 6.42 Å². The standard InChI is InChI=1S/C23H34/c1-13-11-14(2)22-18(17(13)5)8-9-19-20(22)12-16(4)23(6)15(3)7-10-21(19)23/h11,15-16,19-21H,7-10,12H2,1-6H3. The topological polar surface area (TPSA) is 0 Å². The largest absolute Gasteiger partial charge is 0.0620 e. The quantitative estimate of drug-likeness (QED) is 0.523. The van der Waals surface area contributed by atoms with Crippen LogP contribution in [0, 0.1) is 49.9 Å². The van der Waals surface area contributed by atoms with Crippen molar-refractivity contribution >= 4 is 0 Å². The zero-order valence-electron chi connectivity index (χ0n) is 16.0. The van der Waals surface area contributed by atoms with Crippen LogP contribution >= 0.6 is 0 Å². The van der Waals surface area contributed by atoms with Gasteiger partial charge in [0.25, 0.3) is 0 Å². The lowest BCUT2D eigenvalue weighted by atomic mass is 9.50. The third-order valence-electron chi connectivity index (χ3n) is 8.80. The molecular weight excluding hydrogens is 276 g/mol. The highest BCUT2D eigenvalue weighted by atomic mass is 14.6. The van der Waals surface area contributed by atoms with Gasteiger partial charge in [-0.25, -0.2) is 0 Å². The molecule has 1 aromatic rings. The molecule has 2 saturated carbocycles.